The van der Waals surface area contributed by atoms with Crippen LogP contribution < -0.4 is 0 Å². The standard InChI is InChI=1S/C9H15ClN2S/c1-6(2)4-8(10)5-9-12-11-7(3)13-9/h6,8H,4-5H2,1-3H3. The first-order chi connectivity index (χ1) is 6.08. The molecule has 0 fully saturated rings. The van der Waals surface area contributed by atoms with Crippen LogP contribution in [0.15, 0.2) is 0 Å². The summed E-state index contributed by atoms with van der Waals surface area (Å²) in [4.78, 5) is 0. The lowest BCUT2D eigenvalue weighted by atomic mass is 10.1. The first-order valence-electron chi connectivity index (χ1n) is 4.51. The second-order valence-corrected chi connectivity index (χ2v) is 5.53. The number of alkyl halides is 1. The number of rotatable bonds is 4. The average molecular weight is 219 g/mol. The molecule has 1 aromatic heterocycles. The number of halogens is 1. The van der Waals surface area contributed by atoms with Crippen LogP contribution >= 0.6 is 22.9 Å². The Labute approximate surface area is 88.3 Å². The summed E-state index contributed by atoms with van der Waals surface area (Å²) in [6, 6.07) is 0. The molecule has 0 N–H and O–H groups in total. The highest BCUT2D eigenvalue weighted by atomic mass is 35.5. The minimum Gasteiger partial charge on any atom is -0.144 e. The molecule has 0 spiro atoms. The molecule has 1 rings (SSSR count). The molecule has 0 radical (unpaired) electrons. The summed E-state index contributed by atoms with van der Waals surface area (Å²) in [6.45, 7) is 6.33. The van der Waals surface area contributed by atoms with Gasteiger partial charge in [-0.05, 0) is 19.3 Å². The summed E-state index contributed by atoms with van der Waals surface area (Å²) in [7, 11) is 0. The van der Waals surface area contributed by atoms with E-state index in [1.807, 2.05) is 6.92 Å². The lowest BCUT2D eigenvalue weighted by Gasteiger charge is -2.09. The lowest BCUT2D eigenvalue weighted by molar-refractivity contribution is 0.560. The van der Waals surface area contributed by atoms with E-state index in [1.165, 1.54) is 0 Å². The Kier molecular flexibility index (Phi) is 4.13. The fraction of sp³-hybridized carbons (Fsp3) is 0.778. The Bertz CT molecular complexity index is 260. The van der Waals surface area contributed by atoms with Crippen molar-refractivity contribution in [2.24, 2.45) is 5.92 Å². The number of hydrogen-bond donors (Lipinski definition) is 0. The molecule has 0 bridgehead atoms. The largest absolute Gasteiger partial charge is 0.144 e. The molecule has 1 unspecified atom stereocenters. The van der Waals surface area contributed by atoms with Crippen LogP contribution in [0.5, 0.6) is 0 Å². The van der Waals surface area contributed by atoms with Crippen LogP contribution in [0.1, 0.15) is 30.3 Å². The van der Waals surface area contributed by atoms with Crippen LogP contribution in [0.4, 0.5) is 0 Å². The molecular formula is C9H15ClN2S. The summed E-state index contributed by atoms with van der Waals surface area (Å²) in [5.41, 5.74) is 0. The lowest BCUT2D eigenvalue weighted by Crippen LogP contribution is -2.06. The molecule has 2 nitrogen and oxygen atoms in total. The molecule has 0 aliphatic rings. The van der Waals surface area contributed by atoms with E-state index in [0.29, 0.717) is 5.92 Å². The van der Waals surface area contributed by atoms with E-state index in [9.17, 15) is 0 Å². The zero-order valence-corrected chi connectivity index (χ0v) is 9.82. The smallest absolute Gasteiger partial charge is 0.118 e. The Morgan fingerprint density at radius 2 is 2.08 bits per heavy atom. The van der Waals surface area contributed by atoms with E-state index in [-0.39, 0.29) is 5.38 Å². The van der Waals surface area contributed by atoms with Crippen molar-refractivity contribution in [3.05, 3.63) is 10.0 Å². The number of aryl methyl sites for hydroxylation is 1. The zero-order valence-electron chi connectivity index (χ0n) is 8.25. The number of hydrogen-bond acceptors (Lipinski definition) is 3. The van der Waals surface area contributed by atoms with E-state index in [1.54, 1.807) is 11.3 Å². The Hall–Kier alpha value is -0.150. The molecule has 0 aliphatic carbocycles. The third kappa shape index (κ3) is 4.05. The van der Waals surface area contributed by atoms with E-state index >= 15 is 0 Å². The second-order valence-electron chi connectivity index (χ2n) is 3.65. The van der Waals surface area contributed by atoms with Crippen LogP contribution in [-0.4, -0.2) is 15.6 Å². The van der Waals surface area contributed by atoms with Gasteiger partial charge in [0.25, 0.3) is 0 Å². The molecule has 0 aliphatic heterocycles. The number of nitrogens with zero attached hydrogens (tertiary/aromatic N) is 2. The van der Waals surface area contributed by atoms with Gasteiger partial charge < -0.3 is 0 Å². The Morgan fingerprint density at radius 3 is 2.54 bits per heavy atom. The molecule has 0 aromatic carbocycles. The van der Waals surface area contributed by atoms with Gasteiger partial charge in [-0.25, -0.2) is 0 Å². The van der Waals surface area contributed by atoms with Crippen molar-refractivity contribution in [1.82, 2.24) is 10.2 Å². The molecule has 13 heavy (non-hydrogen) atoms. The first-order valence-corrected chi connectivity index (χ1v) is 5.76. The van der Waals surface area contributed by atoms with Crippen molar-refractivity contribution >= 4 is 22.9 Å². The minimum absolute atomic E-state index is 0.201. The van der Waals surface area contributed by atoms with Gasteiger partial charge in [0.2, 0.25) is 0 Å². The predicted molar refractivity (Wildman–Crippen MR) is 57.4 cm³/mol. The van der Waals surface area contributed by atoms with Gasteiger partial charge in [0.05, 0.1) is 0 Å². The van der Waals surface area contributed by atoms with Crippen molar-refractivity contribution in [2.45, 2.75) is 39.0 Å². The van der Waals surface area contributed by atoms with Crippen molar-refractivity contribution in [3.8, 4) is 0 Å². The van der Waals surface area contributed by atoms with Gasteiger partial charge in [-0.15, -0.1) is 33.1 Å². The van der Waals surface area contributed by atoms with Gasteiger partial charge in [-0.1, -0.05) is 13.8 Å². The van der Waals surface area contributed by atoms with Gasteiger partial charge >= 0.3 is 0 Å². The van der Waals surface area contributed by atoms with Crippen LogP contribution in [0.3, 0.4) is 0 Å². The van der Waals surface area contributed by atoms with Gasteiger partial charge in [0, 0.05) is 11.8 Å². The quantitative estimate of drug-likeness (QED) is 0.726. The van der Waals surface area contributed by atoms with E-state index in [2.05, 4.69) is 24.0 Å². The molecule has 1 atom stereocenters. The van der Waals surface area contributed by atoms with E-state index in [0.717, 1.165) is 22.9 Å². The highest BCUT2D eigenvalue weighted by Gasteiger charge is 2.10. The van der Waals surface area contributed by atoms with E-state index in [4.69, 9.17) is 11.6 Å². The maximum atomic E-state index is 6.16. The molecular weight excluding hydrogens is 204 g/mol. The summed E-state index contributed by atoms with van der Waals surface area (Å²) >= 11 is 7.79. The maximum Gasteiger partial charge on any atom is 0.118 e. The molecule has 0 saturated carbocycles. The molecule has 1 aromatic rings. The third-order valence-corrected chi connectivity index (χ3v) is 2.88. The van der Waals surface area contributed by atoms with Gasteiger partial charge in [0.15, 0.2) is 0 Å². The summed E-state index contributed by atoms with van der Waals surface area (Å²) < 4.78 is 0. The molecule has 74 valence electrons. The maximum absolute atomic E-state index is 6.16. The third-order valence-electron chi connectivity index (χ3n) is 1.69. The normalized spacial score (nSPS) is 13.6. The van der Waals surface area contributed by atoms with Crippen LogP contribution in [-0.2, 0) is 6.42 Å². The topological polar surface area (TPSA) is 25.8 Å². The molecule has 0 amide bonds. The molecule has 0 saturated heterocycles. The van der Waals surface area contributed by atoms with Crippen molar-refractivity contribution in [1.29, 1.82) is 0 Å². The predicted octanol–water partition coefficient (Wildman–Crippen LogP) is 3.04. The van der Waals surface area contributed by atoms with Gasteiger partial charge in [0.1, 0.15) is 10.0 Å². The summed E-state index contributed by atoms with van der Waals surface area (Å²) in [6.07, 6.45) is 1.89. The zero-order chi connectivity index (χ0) is 9.84. The van der Waals surface area contributed by atoms with Gasteiger partial charge in [-0.2, -0.15) is 0 Å². The summed E-state index contributed by atoms with van der Waals surface area (Å²) in [5.74, 6) is 0.650. The molecule has 1 heterocycles. The highest BCUT2D eigenvalue weighted by molar-refractivity contribution is 7.11. The van der Waals surface area contributed by atoms with Crippen molar-refractivity contribution in [3.63, 3.8) is 0 Å². The second kappa shape index (κ2) is 4.91. The SMILES string of the molecule is Cc1nnc(CC(Cl)CC(C)C)s1. The van der Waals surface area contributed by atoms with Gasteiger partial charge in [-0.3, -0.25) is 0 Å². The first kappa shape index (κ1) is 10.9. The van der Waals surface area contributed by atoms with Crippen molar-refractivity contribution in [2.75, 3.05) is 0 Å². The summed E-state index contributed by atoms with van der Waals surface area (Å²) in [5, 5.41) is 10.3. The van der Waals surface area contributed by atoms with Crippen LogP contribution in [0.25, 0.3) is 0 Å². The number of aromatic nitrogens is 2. The monoisotopic (exact) mass is 218 g/mol. The van der Waals surface area contributed by atoms with Crippen LogP contribution in [0.2, 0.25) is 0 Å². The van der Waals surface area contributed by atoms with Crippen molar-refractivity contribution < 1.29 is 0 Å². The van der Waals surface area contributed by atoms with E-state index < -0.39 is 0 Å². The Morgan fingerprint density at radius 1 is 1.38 bits per heavy atom. The van der Waals surface area contributed by atoms with Crippen LogP contribution in [0, 0.1) is 12.8 Å². The fourth-order valence-electron chi connectivity index (χ4n) is 1.20. The highest BCUT2D eigenvalue weighted by Crippen LogP contribution is 2.18. The fourth-order valence-corrected chi connectivity index (χ4v) is 2.59. The minimum atomic E-state index is 0.201. The average Bonchev–Trinajstić information content (AvgIpc) is 2.33. The Balaban J connectivity index is 2.40. The molecule has 4 heteroatoms.